The number of aryl methyl sites for hydroxylation is 1. The van der Waals surface area contributed by atoms with Crippen molar-refractivity contribution in [3.05, 3.63) is 52.9 Å². The fourth-order valence-electron chi connectivity index (χ4n) is 2.99. The van der Waals surface area contributed by atoms with Crippen LogP contribution in [-0.4, -0.2) is 31.3 Å². The van der Waals surface area contributed by atoms with E-state index in [4.69, 9.17) is 5.73 Å². The van der Waals surface area contributed by atoms with Crippen LogP contribution in [0.1, 0.15) is 12.1 Å². The number of H-pyrrole nitrogens is 1. The quantitative estimate of drug-likeness (QED) is 0.452. The fraction of sp³-hybridized carbons (Fsp3) is 0.158. The van der Waals surface area contributed by atoms with Gasteiger partial charge in [0.15, 0.2) is 0 Å². The molecule has 3 aromatic heterocycles. The predicted octanol–water partition coefficient (Wildman–Crippen LogP) is 3.60. The third kappa shape index (κ3) is 3.78. The number of hydrogen-bond acceptors (Lipinski definition) is 6. The summed E-state index contributed by atoms with van der Waals surface area (Å²) in [5.41, 5.74) is 8.09. The summed E-state index contributed by atoms with van der Waals surface area (Å²) < 4.78 is 27.4. The van der Waals surface area contributed by atoms with Crippen molar-refractivity contribution in [2.75, 3.05) is 11.4 Å². The number of thiazole rings is 1. The molecule has 0 atom stereocenters. The molecule has 4 rings (SSSR count). The summed E-state index contributed by atoms with van der Waals surface area (Å²) in [6, 6.07) is 10.8. The van der Waals surface area contributed by atoms with E-state index >= 15 is 0 Å². The molecule has 1 aromatic carbocycles. The Morgan fingerprint density at radius 1 is 1.24 bits per heavy atom. The van der Waals surface area contributed by atoms with Crippen LogP contribution in [0.25, 0.3) is 21.6 Å². The number of sulfonamides is 1. The lowest BCUT2D eigenvalue weighted by Gasteiger charge is -2.19. The molecule has 29 heavy (non-hydrogen) atoms. The number of amides is 1. The zero-order valence-corrected chi connectivity index (χ0v) is 17.9. The number of fused-ring (bicyclic) bond motifs is 1. The lowest BCUT2D eigenvalue weighted by atomic mass is 10.2. The molecule has 0 spiro atoms. The number of nitrogens with one attached hydrogen (secondary N) is 1. The monoisotopic (exact) mass is 446 g/mol. The molecule has 0 bridgehead atoms. The van der Waals surface area contributed by atoms with Crippen molar-refractivity contribution in [2.45, 2.75) is 17.1 Å². The van der Waals surface area contributed by atoms with Crippen molar-refractivity contribution < 1.29 is 13.2 Å². The first-order valence-electron chi connectivity index (χ1n) is 8.73. The highest BCUT2D eigenvalue weighted by atomic mass is 32.2. The molecule has 0 saturated carbocycles. The van der Waals surface area contributed by atoms with Crippen molar-refractivity contribution >= 4 is 55.2 Å². The standard InChI is InChI=1S/C19H18N4O3S3/c1-23(29(25,26)17-6-3-9-27-17)15-5-2-4-12-10-14(22-18(12)15)19-21-13(11-28-19)7-8-16(20)24/h2-6,9-11,22H,7-8H2,1H3,(H2,20,24). The van der Waals surface area contributed by atoms with Gasteiger partial charge in [0, 0.05) is 24.2 Å². The van der Waals surface area contributed by atoms with Crippen LogP contribution in [0.2, 0.25) is 0 Å². The minimum Gasteiger partial charge on any atom is -0.370 e. The van der Waals surface area contributed by atoms with Gasteiger partial charge in [-0.05, 0) is 30.0 Å². The molecule has 7 nitrogen and oxygen atoms in total. The Balaban J connectivity index is 1.70. The van der Waals surface area contributed by atoms with E-state index in [1.807, 2.05) is 23.6 Å². The Morgan fingerprint density at radius 2 is 2.07 bits per heavy atom. The molecule has 10 heteroatoms. The van der Waals surface area contributed by atoms with E-state index in [0.717, 1.165) is 27.3 Å². The molecule has 0 aliphatic heterocycles. The summed E-state index contributed by atoms with van der Waals surface area (Å²) in [7, 11) is -2.08. The first-order chi connectivity index (χ1) is 13.9. The summed E-state index contributed by atoms with van der Waals surface area (Å²) in [6.07, 6.45) is 0.754. The molecule has 0 aliphatic carbocycles. The topological polar surface area (TPSA) is 109 Å². The van der Waals surface area contributed by atoms with Crippen molar-refractivity contribution in [2.24, 2.45) is 5.73 Å². The highest BCUT2D eigenvalue weighted by Gasteiger charge is 2.24. The number of carbonyl (C=O) groups excluding carboxylic acids is 1. The molecule has 4 aromatic rings. The second-order valence-electron chi connectivity index (χ2n) is 6.44. The van der Waals surface area contributed by atoms with Gasteiger partial charge in [-0.2, -0.15) is 0 Å². The third-order valence-corrected chi connectivity index (χ3v) is 8.56. The molecule has 0 unspecified atom stereocenters. The Hall–Kier alpha value is -2.69. The van der Waals surface area contributed by atoms with Gasteiger partial charge in [-0.1, -0.05) is 18.2 Å². The number of hydrogen-bond donors (Lipinski definition) is 2. The zero-order chi connectivity index (χ0) is 20.6. The summed E-state index contributed by atoms with van der Waals surface area (Å²) in [5, 5.41) is 5.31. The maximum atomic E-state index is 12.9. The van der Waals surface area contributed by atoms with E-state index in [9.17, 15) is 13.2 Å². The van der Waals surface area contributed by atoms with Gasteiger partial charge >= 0.3 is 0 Å². The molecule has 0 saturated heterocycles. The Kier molecular flexibility index (Phi) is 5.15. The zero-order valence-electron chi connectivity index (χ0n) is 15.5. The maximum absolute atomic E-state index is 12.9. The van der Waals surface area contributed by atoms with Gasteiger partial charge in [-0.25, -0.2) is 13.4 Å². The number of primary amides is 1. The summed E-state index contributed by atoms with van der Waals surface area (Å²) in [4.78, 5) is 18.8. The van der Waals surface area contributed by atoms with E-state index in [1.54, 1.807) is 30.6 Å². The van der Waals surface area contributed by atoms with Gasteiger partial charge in [-0.3, -0.25) is 9.10 Å². The lowest BCUT2D eigenvalue weighted by molar-refractivity contribution is -0.118. The van der Waals surface area contributed by atoms with Crippen LogP contribution in [0.4, 0.5) is 5.69 Å². The molecule has 1 amide bonds. The summed E-state index contributed by atoms with van der Waals surface area (Å²) in [5.74, 6) is -0.357. The summed E-state index contributed by atoms with van der Waals surface area (Å²) in [6.45, 7) is 0. The highest BCUT2D eigenvalue weighted by molar-refractivity contribution is 7.94. The molecule has 3 N–H and O–H groups in total. The van der Waals surface area contributed by atoms with Gasteiger partial charge in [0.2, 0.25) is 5.91 Å². The second-order valence-corrected chi connectivity index (χ2v) is 10.4. The first kappa shape index (κ1) is 19.6. The number of rotatable bonds is 7. The van der Waals surface area contributed by atoms with Crippen LogP contribution >= 0.6 is 22.7 Å². The number of aromatic nitrogens is 2. The van der Waals surface area contributed by atoms with Crippen molar-refractivity contribution in [3.8, 4) is 10.7 Å². The Morgan fingerprint density at radius 3 is 2.79 bits per heavy atom. The fourth-order valence-corrected chi connectivity index (χ4v) is 6.18. The number of benzene rings is 1. The average molecular weight is 447 g/mol. The number of nitrogens with zero attached hydrogens (tertiary/aromatic N) is 2. The average Bonchev–Trinajstić information content (AvgIpc) is 3.45. The largest absolute Gasteiger partial charge is 0.370 e. The number of anilines is 1. The maximum Gasteiger partial charge on any atom is 0.273 e. The van der Waals surface area contributed by atoms with E-state index < -0.39 is 10.0 Å². The van der Waals surface area contributed by atoms with Crippen LogP contribution in [-0.2, 0) is 21.2 Å². The normalized spacial score (nSPS) is 11.8. The molecule has 3 heterocycles. The summed E-state index contributed by atoms with van der Waals surface area (Å²) >= 11 is 2.65. The van der Waals surface area contributed by atoms with Crippen molar-refractivity contribution in [1.82, 2.24) is 9.97 Å². The smallest absolute Gasteiger partial charge is 0.273 e. The van der Waals surface area contributed by atoms with Crippen LogP contribution in [0.3, 0.4) is 0 Å². The number of nitrogens with two attached hydrogens (primary N) is 1. The predicted molar refractivity (Wildman–Crippen MR) is 117 cm³/mol. The van der Waals surface area contributed by atoms with Crippen molar-refractivity contribution in [1.29, 1.82) is 0 Å². The second kappa shape index (κ2) is 7.62. The van der Waals surface area contributed by atoms with Gasteiger partial charge in [0.25, 0.3) is 10.0 Å². The number of para-hydroxylation sites is 1. The molecule has 0 aliphatic rings. The highest BCUT2D eigenvalue weighted by Crippen LogP contribution is 2.34. The Labute approximate surface area is 175 Å². The van der Waals surface area contributed by atoms with Gasteiger partial charge in [0.1, 0.15) is 9.22 Å². The van der Waals surface area contributed by atoms with E-state index in [1.165, 1.54) is 27.0 Å². The molecule has 150 valence electrons. The Bertz CT molecular complexity index is 1270. The van der Waals surface area contributed by atoms with Crippen LogP contribution in [0, 0.1) is 0 Å². The third-order valence-electron chi connectivity index (χ3n) is 4.49. The molecular weight excluding hydrogens is 428 g/mol. The molecule has 0 radical (unpaired) electrons. The van der Waals surface area contributed by atoms with Crippen LogP contribution in [0.5, 0.6) is 0 Å². The number of carbonyl (C=O) groups is 1. The van der Waals surface area contributed by atoms with E-state index in [2.05, 4.69) is 9.97 Å². The van der Waals surface area contributed by atoms with Crippen LogP contribution < -0.4 is 10.0 Å². The van der Waals surface area contributed by atoms with E-state index in [0.29, 0.717) is 16.3 Å². The van der Waals surface area contributed by atoms with Crippen molar-refractivity contribution in [3.63, 3.8) is 0 Å². The molecular formula is C19H18N4O3S3. The number of aromatic amines is 1. The molecule has 0 fully saturated rings. The minimum atomic E-state index is -3.63. The first-order valence-corrected chi connectivity index (χ1v) is 11.9. The number of thiophene rings is 1. The van der Waals surface area contributed by atoms with Gasteiger partial charge < -0.3 is 10.7 Å². The van der Waals surface area contributed by atoms with E-state index in [-0.39, 0.29) is 12.3 Å². The van der Waals surface area contributed by atoms with Gasteiger partial charge in [0.05, 0.1) is 22.6 Å². The van der Waals surface area contributed by atoms with Crippen LogP contribution in [0.15, 0.2) is 51.4 Å². The SMILES string of the molecule is CN(c1cccc2cc(-c3nc(CCC(N)=O)cs3)[nH]c12)S(=O)(=O)c1cccs1. The lowest BCUT2D eigenvalue weighted by Crippen LogP contribution is -2.26. The minimum absolute atomic E-state index is 0.255. The van der Waals surface area contributed by atoms with Gasteiger partial charge in [-0.15, -0.1) is 22.7 Å².